The van der Waals surface area contributed by atoms with E-state index < -0.39 is 0 Å². The van der Waals surface area contributed by atoms with Crippen LogP contribution in [0, 0.1) is 5.92 Å². The van der Waals surface area contributed by atoms with Crippen molar-refractivity contribution in [2.45, 2.75) is 40.2 Å². The summed E-state index contributed by atoms with van der Waals surface area (Å²) in [4.78, 5) is 4.25. The van der Waals surface area contributed by atoms with Gasteiger partial charge < -0.3 is 24.8 Å². The predicted molar refractivity (Wildman–Crippen MR) is 107 cm³/mol. The molecule has 148 valence electrons. The molecule has 1 rings (SSSR count). The molecule has 6 heteroatoms. The van der Waals surface area contributed by atoms with Crippen LogP contribution in [0.2, 0.25) is 0 Å². The van der Waals surface area contributed by atoms with Crippen LogP contribution in [-0.2, 0) is 11.3 Å². The highest BCUT2D eigenvalue weighted by Gasteiger charge is 2.06. The zero-order chi connectivity index (χ0) is 19.2. The smallest absolute Gasteiger partial charge is 0.191 e. The van der Waals surface area contributed by atoms with Gasteiger partial charge >= 0.3 is 0 Å². The first-order valence-electron chi connectivity index (χ1n) is 9.42. The van der Waals surface area contributed by atoms with Crippen LogP contribution in [0.25, 0.3) is 0 Å². The molecule has 0 bridgehead atoms. The number of ether oxygens (including phenoxy) is 3. The number of guanidine groups is 1. The Bertz CT molecular complexity index is 533. The first-order valence-corrected chi connectivity index (χ1v) is 9.42. The van der Waals surface area contributed by atoms with Crippen molar-refractivity contribution in [1.82, 2.24) is 10.6 Å². The maximum absolute atomic E-state index is 5.69. The minimum atomic E-state index is 0.577. The molecule has 26 heavy (non-hydrogen) atoms. The lowest BCUT2D eigenvalue weighted by Gasteiger charge is -2.14. The molecular weight excluding hydrogens is 330 g/mol. The van der Waals surface area contributed by atoms with Crippen molar-refractivity contribution in [2.24, 2.45) is 10.9 Å². The van der Waals surface area contributed by atoms with Gasteiger partial charge in [0, 0.05) is 33.4 Å². The molecule has 0 saturated carbocycles. The maximum atomic E-state index is 5.69. The topological polar surface area (TPSA) is 64.1 Å². The van der Waals surface area contributed by atoms with Gasteiger partial charge in [-0.25, -0.2) is 0 Å². The lowest BCUT2D eigenvalue weighted by Crippen LogP contribution is -2.37. The lowest BCUT2D eigenvalue weighted by molar-refractivity contribution is 0.108. The van der Waals surface area contributed by atoms with E-state index in [-0.39, 0.29) is 0 Å². The first-order chi connectivity index (χ1) is 12.6. The Balaban J connectivity index is 2.38. The van der Waals surface area contributed by atoms with Gasteiger partial charge in [-0.3, -0.25) is 4.99 Å². The normalized spacial score (nSPS) is 11.5. The summed E-state index contributed by atoms with van der Waals surface area (Å²) in [5, 5.41) is 6.61. The van der Waals surface area contributed by atoms with Crippen molar-refractivity contribution in [3.8, 4) is 11.5 Å². The molecular formula is C20H35N3O3. The van der Waals surface area contributed by atoms with Gasteiger partial charge in [0.2, 0.25) is 0 Å². The third-order valence-electron chi connectivity index (χ3n) is 3.58. The van der Waals surface area contributed by atoms with Crippen LogP contribution in [0.5, 0.6) is 11.5 Å². The highest BCUT2D eigenvalue weighted by molar-refractivity contribution is 5.79. The molecule has 0 saturated heterocycles. The van der Waals surface area contributed by atoms with Crippen LogP contribution in [0.3, 0.4) is 0 Å². The molecule has 6 nitrogen and oxygen atoms in total. The maximum Gasteiger partial charge on any atom is 0.191 e. The lowest BCUT2D eigenvalue weighted by atomic mass is 10.2. The van der Waals surface area contributed by atoms with Crippen LogP contribution in [-0.4, -0.2) is 46.5 Å². The second-order valence-corrected chi connectivity index (χ2v) is 6.51. The highest BCUT2D eigenvalue weighted by atomic mass is 16.5. The number of hydrogen-bond acceptors (Lipinski definition) is 4. The molecule has 0 aliphatic heterocycles. The molecule has 2 N–H and O–H groups in total. The van der Waals surface area contributed by atoms with Crippen LogP contribution in [0.15, 0.2) is 23.2 Å². The minimum Gasteiger partial charge on any atom is -0.493 e. The fourth-order valence-electron chi connectivity index (χ4n) is 2.26. The van der Waals surface area contributed by atoms with E-state index in [4.69, 9.17) is 14.2 Å². The van der Waals surface area contributed by atoms with Gasteiger partial charge in [-0.2, -0.15) is 0 Å². The summed E-state index contributed by atoms with van der Waals surface area (Å²) in [7, 11) is 3.43. The predicted octanol–water partition coefficient (Wildman–Crippen LogP) is 3.21. The second kappa shape index (κ2) is 13.3. The quantitative estimate of drug-likeness (QED) is 0.338. The van der Waals surface area contributed by atoms with Gasteiger partial charge in [0.25, 0.3) is 0 Å². The van der Waals surface area contributed by atoms with E-state index in [1.165, 1.54) is 0 Å². The molecule has 0 aromatic heterocycles. The number of aliphatic imine (C=N–C) groups is 1. The molecule has 0 aliphatic rings. The molecule has 0 heterocycles. The number of methoxy groups -OCH3 is 1. The summed E-state index contributed by atoms with van der Waals surface area (Å²) < 4.78 is 16.7. The third-order valence-corrected chi connectivity index (χ3v) is 3.58. The molecule has 0 aliphatic carbocycles. The van der Waals surface area contributed by atoms with Crippen molar-refractivity contribution in [1.29, 1.82) is 0 Å². The molecule has 0 unspecified atom stereocenters. The largest absolute Gasteiger partial charge is 0.493 e. The number of rotatable bonds is 12. The average Bonchev–Trinajstić information content (AvgIpc) is 2.65. The first kappa shape index (κ1) is 22.1. The summed E-state index contributed by atoms with van der Waals surface area (Å²) >= 11 is 0. The minimum absolute atomic E-state index is 0.577. The monoisotopic (exact) mass is 365 g/mol. The van der Waals surface area contributed by atoms with Crippen LogP contribution in [0.4, 0.5) is 0 Å². The van der Waals surface area contributed by atoms with Crippen molar-refractivity contribution in [3.05, 3.63) is 23.8 Å². The van der Waals surface area contributed by atoms with E-state index >= 15 is 0 Å². The summed E-state index contributed by atoms with van der Waals surface area (Å²) in [6, 6.07) is 5.98. The average molecular weight is 366 g/mol. The van der Waals surface area contributed by atoms with Crippen molar-refractivity contribution < 1.29 is 14.2 Å². The molecule has 0 radical (unpaired) electrons. The zero-order valence-electron chi connectivity index (χ0n) is 16.9. The van der Waals surface area contributed by atoms with Crippen LogP contribution >= 0.6 is 0 Å². The summed E-state index contributed by atoms with van der Waals surface area (Å²) in [6.45, 7) is 10.1. The number of benzene rings is 1. The Labute approximate surface area is 158 Å². The highest BCUT2D eigenvalue weighted by Crippen LogP contribution is 2.28. The third kappa shape index (κ3) is 8.94. The Hall–Kier alpha value is -1.95. The van der Waals surface area contributed by atoms with Gasteiger partial charge in [-0.15, -0.1) is 0 Å². The molecule has 0 fully saturated rings. The van der Waals surface area contributed by atoms with Crippen molar-refractivity contribution >= 4 is 5.96 Å². The molecule has 1 aromatic rings. The SMILES string of the molecule is CCCOc1ccc(CNC(=NC)NCCCOCC(C)C)cc1OC. The van der Waals surface area contributed by atoms with E-state index in [0.29, 0.717) is 19.1 Å². The van der Waals surface area contributed by atoms with Gasteiger partial charge in [0.15, 0.2) is 17.5 Å². The van der Waals surface area contributed by atoms with Crippen LogP contribution in [0.1, 0.15) is 39.2 Å². The fourth-order valence-corrected chi connectivity index (χ4v) is 2.26. The molecule has 0 spiro atoms. The van der Waals surface area contributed by atoms with E-state index in [0.717, 1.165) is 55.6 Å². The van der Waals surface area contributed by atoms with Crippen molar-refractivity contribution in [2.75, 3.05) is 40.5 Å². The standard InChI is InChI=1S/C20H35N3O3/c1-6-11-26-18-9-8-17(13-19(18)24-5)14-23-20(21-4)22-10-7-12-25-15-16(2)3/h8-9,13,16H,6-7,10-12,14-15H2,1-5H3,(H2,21,22,23). The Kier molecular flexibility index (Phi) is 11.3. The molecule has 0 amide bonds. The van der Waals surface area contributed by atoms with Crippen LogP contribution < -0.4 is 20.1 Å². The molecule has 1 aromatic carbocycles. The summed E-state index contributed by atoms with van der Waals surface area (Å²) in [6.07, 6.45) is 1.92. The zero-order valence-corrected chi connectivity index (χ0v) is 16.9. The second-order valence-electron chi connectivity index (χ2n) is 6.51. The summed E-state index contributed by atoms with van der Waals surface area (Å²) in [5.41, 5.74) is 1.11. The van der Waals surface area contributed by atoms with Gasteiger partial charge in [-0.1, -0.05) is 26.8 Å². The Morgan fingerprint density at radius 3 is 2.62 bits per heavy atom. The fraction of sp³-hybridized carbons (Fsp3) is 0.650. The summed E-state index contributed by atoms with van der Waals surface area (Å²) in [5.74, 6) is 2.89. The van der Waals surface area contributed by atoms with E-state index in [9.17, 15) is 0 Å². The number of nitrogens with zero attached hydrogens (tertiary/aromatic N) is 1. The molecule has 0 atom stereocenters. The van der Waals surface area contributed by atoms with E-state index in [1.54, 1.807) is 14.2 Å². The Morgan fingerprint density at radius 1 is 1.15 bits per heavy atom. The van der Waals surface area contributed by atoms with Gasteiger partial charge in [0.05, 0.1) is 13.7 Å². The van der Waals surface area contributed by atoms with Gasteiger partial charge in [-0.05, 0) is 36.5 Å². The van der Waals surface area contributed by atoms with E-state index in [2.05, 4.69) is 36.4 Å². The van der Waals surface area contributed by atoms with E-state index in [1.807, 2.05) is 18.2 Å². The Morgan fingerprint density at radius 2 is 1.96 bits per heavy atom. The number of nitrogens with one attached hydrogen (secondary N) is 2. The van der Waals surface area contributed by atoms with Gasteiger partial charge in [0.1, 0.15) is 0 Å². The van der Waals surface area contributed by atoms with Crippen molar-refractivity contribution in [3.63, 3.8) is 0 Å². The number of hydrogen-bond donors (Lipinski definition) is 2.